The first-order chi connectivity index (χ1) is 9.95. The van der Waals surface area contributed by atoms with E-state index in [0.717, 1.165) is 43.4 Å². The normalized spacial score (nSPS) is 19.0. The van der Waals surface area contributed by atoms with Gasteiger partial charge in [0.25, 0.3) is 0 Å². The van der Waals surface area contributed by atoms with Crippen molar-refractivity contribution in [3.63, 3.8) is 0 Å². The summed E-state index contributed by atoms with van der Waals surface area (Å²) in [5.41, 5.74) is 1.45. The number of carbonyl (C=O) groups is 1. The maximum Gasteiger partial charge on any atom is 0.320 e. The van der Waals surface area contributed by atoms with Crippen molar-refractivity contribution in [2.24, 2.45) is 5.41 Å². The van der Waals surface area contributed by atoms with Crippen molar-refractivity contribution >= 4 is 17.7 Å². The number of rotatable bonds is 7. The van der Waals surface area contributed by atoms with Gasteiger partial charge in [0.1, 0.15) is 4.75 Å². The van der Waals surface area contributed by atoms with Gasteiger partial charge in [0.2, 0.25) is 0 Å². The summed E-state index contributed by atoms with van der Waals surface area (Å²) in [6.45, 7) is 6.45. The molecular weight excluding hydrogens is 280 g/mol. The van der Waals surface area contributed by atoms with Crippen LogP contribution in [0.5, 0.6) is 0 Å². The number of carboxylic acids is 1. The molecule has 2 nitrogen and oxygen atoms in total. The smallest absolute Gasteiger partial charge is 0.320 e. The lowest BCUT2D eigenvalue weighted by atomic mass is 9.57. The largest absolute Gasteiger partial charge is 0.480 e. The summed E-state index contributed by atoms with van der Waals surface area (Å²) in [4.78, 5) is 13.0. The maximum atomic E-state index is 11.9. The van der Waals surface area contributed by atoms with E-state index in [1.165, 1.54) is 5.56 Å². The highest BCUT2D eigenvalue weighted by Crippen LogP contribution is 2.61. The lowest BCUT2D eigenvalue weighted by Crippen LogP contribution is -2.54. The summed E-state index contributed by atoms with van der Waals surface area (Å²) < 4.78 is -0.613. The monoisotopic (exact) mass is 306 g/mol. The Labute approximate surface area is 132 Å². The first kappa shape index (κ1) is 16.4. The number of hydrogen-bond donors (Lipinski definition) is 1. The molecule has 1 saturated carbocycles. The van der Waals surface area contributed by atoms with E-state index in [0.29, 0.717) is 0 Å². The van der Waals surface area contributed by atoms with Crippen LogP contribution in [-0.2, 0) is 4.79 Å². The van der Waals surface area contributed by atoms with Gasteiger partial charge < -0.3 is 5.11 Å². The first-order valence-corrected chi connectivity index (χ1v) is 8.76. The van der Waals surface area contributed by atoms with Crippen LogP contribution in [0.1, 0.15) is 57.9 Å². The van der Waals surface area contributed by atoms with E-state index >= 15 is 0 Å². The molecule has 1 aliphatic rings. The third-order valence-corrected chi connectivity index (χ3v) is 5.92. The summed E-state index contributed by atoms with van der Waals surface area (Å²) in [5.74, 6) is -0.642. The molecule has 1 aliphatic carbocycles. The Hall–Kier alpha value is -0.960. The number of carboxylic acid groups (broad SMARTS) is 1. The average Bonchev–Trinajstić information content (AvgIpc) is 2.36. The number of hydrogen-bond acceptors (Lipinski definition) is 2. The minimum atomic E-state index is -0.642. The minimum absolute atomic E-state index is 0.263. The molecule has 0 aromatic heterocycles. The van der Waals surface area contributed by atoms with E-state index in [2.05, 4.69) is 32.9 Å². The Morgan fingerprint density at radius 2 is 1.86 bits per heavy atom. The highest BCUT2D eigenvalue weighted by atomic mass is 32.2. The molecule has 1 fully saturated rings. The molecule has 21 heavy (non-hydrogen) atoms. The number of thioether (sulfide) groups is 1. The van der Waals surface area contributed by atoms with Crippen molar-refractivity contribution < 1.29 is 9.90 Å². The van der Waals surface area contributed by atoms with Gasteiger partial charge in [-0.05, 0) is 50.2 Å². The van der Waals surface area contributed by atoms with Crippen LogP contribution in [0.3, 0.4) is 0 Å². The molecule has 1 N–H and O–H groups in total. The van der Waals surface area contributed by atoms with Gasteiger partial charge in [-0.3, -0.25) is 4.79 Å². The van der Waals surface area contributed by atoms with Crippen LogP contribution in [0.25, 0.3) is 0 Å². The molecule has 1 aromatic rings. The summed E-state index contributed by atoms with van der Waals surface area (Å²) >= 11 is 1.55. The van der Waals surface area contributed by atoms with Gasteiger partial charge in [-0.1, -0.05) is 44.4 Å². The van der Waals surface area contributed by atoms with Crippen LogP contribution in [0.4, 0.5) is 0 Å². The van der Waals surface area contributed by atoms with E-state index in [-0.39, 0.29) is 5.41 Å². The Balaban J connectivity index is 2.16. The zero-order valence-electron chi connectivity index (χ0n) is 13.3. The van der Waals surface area contributed by atoms with Crippen LogP contribution in [0.15, 0.2) is 29.2 Å². The Morgan fingerprint density at radius 3 is 2.33 bits per heavy atom. The van der Waals surface area contributed by atoms with Gasteiger partial charge in [-0.15, -0.1) is 11.8 Å². The van der Waals surface area contributed by atoms with Crippen molar-refractivity contribution in [2.45, 2.75) is 68.9 Å². The predicted octanol–water partition coefficient (Wildman–Crippen LogP) is 5.29. The molecule has 0 unspecified atom stereocenters. The molecule has 0 heterocycles. The lowest BCUT2D eigenvalue weighted by molar-refractivity contribution is -0.147. The Morgan fingerprint density at radius 1 is 1.24 bits per heavy atom. The molecule has 0 aliphatic heterocycles. The molecule has 0 saturated heterocycles. The minimum Gasteiger partial charge on any atom is -0.480 e. The van der Waals surface area contributed by atoms with Crippen molar-refractivity contribution in [3.8, 4) is 0 Å². The first-order valence-electron chi connectivity index (χ1n) is 7.94. The molecule has 0 bridgehead atoms. The fraction of sp³-hybridized carbons (Fsp3) is 0.611. The second-order valence-electron chi connectivity index (χ2n) is 6.57. The van der Waals surface area contributed by atoms with Gasteiger partial charge >= 0.3 is 5.97 Å². The van der Waals surface area contributed by atoms with E-state index in [9.17, 15) is 9.90 Å². The highest BCUT2D eigenvalue weighted by molar-refractivity contribution is 8.01. The zero-order chi connectivity index (χ0) is 15.5. The SMILES string of the molecule is CCCC1(CCC)CC(Sc2cccc(C)c2)(C(=O)O)C1. The summed E-state index contributed by atoms with van der Waals surface area (Å²) in [6.07, 6.45) is 6.23. The molecule has 0 spiro atoms. The molecule has 1 aromatic carbocycles. The van der Waals surface area contributed by atoms with Gasteiger partial charge in [-0.25, -0.2) is 0 Å². The van der Waals surface area contributed by atoms with Gasteiger partial charge in [-0.2, -0.15) is 0 Å². The lowest BCUT2D eigenvalue weighted by Gasteiger charge is -2.54. The average molecular weight is 306 g/mol. The van der Waals surface area contributed by atoms with E-state index < -0.39 is 10.7 Å². The third kappa shape index (κ3) is 3.45. The molecule has 0 atom stereocenters. The van der Waals surface area contributed by atoms with Crippen LogP contribution < -0.4 is 0 Å². The summed E-state index contributed by atoms with van der Waals surface area (Å²) in [6, 6.07) is 8.19. The van der Waals surface area contributed by atoms with Crippen molar-refractivity contribution in [3.05, 3.63) is 29.8 Å². The topological polar surface area (TPSA) is 37.3 Å². The maximum absolute atomic E-state index is 11.9. The highest BCUT2D eigenvalue weighted by Gasteiger charge is 2.58. The summed E-state index contributed by atoms with van der Waals surface area (Å²) in [5, 5.41) is 9.76. The summed E-state index contributed by atoms with van der Waals surface area (Å²) in [7, 11) is 0. The van der Waals surface area contributed by atoms with Gasteiger partial charge in [0.15, 0.2) is 0 Å². The number of benzene rings is 1. The van der Waals surface area contributed by atoms with Gasteiger partial charge in [0, 0.05) is 4.90 Å². The van der Waals surface area contributed by atoms with Crippen molar-refractivity contribution in [1.29, 1.82) is 0 Å². The zero-order valence-corrected chi connectivity index (χ0v) is 14.1. The quantitative estimate of drug-likeness (QED) is 0.743. The van der Waals surface area contributed by atoms with Crippen LogP contribution in [0, 0.1) is 12.3 Å². The van der Waals surface area contributed by atoms with Crippen LogP contribution in [-0.4, -0.2) is 15.8 Å². The molecule has 0 amide bonds. The predicted molar refractivity (Wildman–Crippen MR) is 88.9 cm³/mol. The van der Waals surface area contributed by atoms with Crippen molar-refractivity contribution in [2.75, 3.05) is 0 Å². The molecule has 2 rings (SSSR count). The van der Waals surface area contributed by atoms with E-state index in [4.69, 9.17) is 0 Å². The Kier molecular flexibility index (Phi) is 5.03. The van der Waals surface area contributed by atoms with Crippen LogP contribution >= 0.6 is 11.8 Å². The van der Waals surface area contributed by atoms with Crippen LogP contribution in [0.2, 0.25) is 0 Å². The fourth-order valence-electron chi connectivity index (χ4n) is 3.87. The standard InChI is InChI=1S/C18H26O2S/c1-4-9-17(10-5-2)12-18(13-17,16(19)20)21-15-8-6-7-14(3)11-15/h6-8,11H,4-5,9-10,12-13H2,1-3H3,(H,19,20). The molecule has 0 radical (unpaired) electrons. The Bertz CT molecular complexity index is 496. The van der Waals surface area contributed by atoms with E-state index in [1.54, 1.807) is 11.8 Å². The van der Waals surface area contributed by atoms with Crippen molar-refractivity contribution in [1.82, 2.24) is 0 Å². The second kappa shape index (κ2) is 6.43. The number of aliphatic carboxylic acids is 1. The third-order valence-electron chi connectivity index (χ3n) is 4.57. The second-order valence-corrected chi connectivity index (χ2v) is 8.03. The number of aryl methyl sites for hydroxylation is 1. The molecule has 3 heteroatoms. The van der Waals surface area contributed by atoms with E-state index in [1.807, 2.05) is 12.1 Å². The molecule has 116 valence electrons. The fourth-order valence-corrected chi connectivity index (χ4v) is 5.56. The molecular formula is C18H26O2S. The van der Waals surface area contributed by atoms with Gasteiger partial charge in [0.05, 0.1) is 0 Å².